The van der Waals surface area contributed by atoms with Crippen molar-refractivity contribution in [3.05, 3.63) is 77.4 Å². The number of rotatable bonds is 15. The molecule has 4 rings (SSSR count). The van der Waals surface area contributed by atoms with Gasteiger partial charge in [-0.3, -0.25) is 29.0 Å². The Bertz CT molecular complexity index is 1500. The van der Waals surface area contributed by atoms with E-state index in [1.165, 1.54) is 21.1 Å². The number of hydrogen-bond acceptors (Lipinski definition) is 10. The van der Waals surface area contributed by atoms with E-state index >= 15 is 0 Å². The van der Waals surface area contributed by atoms with Gasteiger partial charge < -0.3 is 20.4 Å². The smallest absolute Gasteiger partial charge is 0.317 e. The molecule has 0 saturated heterocycles. The van der Waals surface area contributed by atoms with E-state index in [0.29, 0.717) is 34.2 Å². The van der Waals surface area contributed by atoms with Crippen molar-refractivity contribution >= 4 is 35.2 Å². The molecule has 4 heterocycles. The molecule has 0 unspecified atom stereocenters. The van der Waals surface area contributed by atoms with Gasteiger partial charge >= 0.3 is 23.9 Å². The molecule has 0 bridgehead atoms. The fourth-order valence-electron chi connectivity index (χ4n) is 4.36. The van der Waals surface area contributed by atoms with Crippen LogP contribution in [-0.4, -0.2) is 95.2 Å². The van der Waals surface area contributed by atoms with Gasteiger partial charge in [0.15, 0.2) is 0 Å². The second-order valence-electron chi connectivity index (χ2n) is 9.50. The molecule has 4 N–H and O–H groups in total. The summed E-state index contributed by atoms with van der Waals surface area (Å²) in [5.74, 6) is -4.63. The van der Waals surface area contributed by atoms with E-state index in [-0.39, 0.29) is 13.1 Å². The van der Waals surface area contributed by atoms with Crippen LogP contribution in [0.15, 0.2) is 66.0 Å². The molecular weight excluding hydrogens is 578 g/mol. The minimum atomic E-state index is -1.16. The summed E-state index contributed by atoms with van der Waals surface area (Å²) in [7, 11) is 0. The summed E-state index contributed by atoms with van der Waals surface area (Å²) in [4.78, 5) is 62.5. The van der Waals surface area contributed by atoms with Crippen LogP contribution in [-0.2, 0) is 32.3 Å². The normalized spacial score (nSPS) is 11.1. The van der Waals surface area contributed by atoms with Crippen molar-refractivity contribution in [1.29, 1.82) is 0 Å². The number of carboxylic acid groups (broad SMARTS) is 4. The van der Waals surface area contributed by atoms with Crippen molar-refractivity contribution in [1.82, 2.24) is 24.8 Å². The topological polar surface area (TPSA) is 194 Å². The fraction of sp³-hybridized carbons (Fsp3) is 0.207. The molecular formula is C29H27N5O8S. The lowest BCUT2D eigenvalue weighted by Gasteiger charge is -2.18. The Morgan fingerprint density at radius 1 is 0.581 bits per heavy atom. The Labute approximate surface area is 249 Å². The average Bonchev–Trinajstić information content (AvgIpc) is 3.47. The van der Waals surface area contributed by atoms with Crippen molar-refractivity contribution in [3.63, 3.8) is 0 Å². The molecule has 43 heavy (non-hydrogen) atoms. The largest absolute Gasteiger partial charge is 0.480 e. The summed E-state index contributed by atoms with van der Waals surface area (Å²) in [6.45, 7) is -1.87. The van der Waals surface area contributed by atoms with Gasteiger partial charge in [0, 0.05) is 18.0 Å². The van der Waals surface area contributed by atoms with Gasteiger partial charge in [-0.05, 0) is 53.4 Å². The number of pyridine rings is 3. The van der Waals surface area contributed by atoms with Crippen LogP contribution in [0.3, 0.4) is 0 Å². The number of carboxylic acids is 4. The molecule has 0 amide bonds. The summed E-state index contributed by atoms with van der Waals surface area (Å²) in [5, 5.41) is 38.7. The van der Waals surface area contributed by atoms with Crippen molar-refractivity contribution in [2.24, 2.45) is 0 Å². The van der Waals surface area contributed by atoms with Gasteiger partial charge in [0.05, 0.1) is 60.3 Å². The summed E-state index contributed by atoms with van der Waals surface area (Å²) in [6, 6.07) is 17.9. The Balaban J connectivity index is 1.71. The summed E-state index contributed by atoms with van der Waals surface area (Å²) in [5.41, 5.74) is 3.71. The van der Waals surface area contributed by atoms with E-state index in [2.05, 4.69) is 9.97 Å². The minimum absolute atomic E-state index is 0.00327. The molecule has 4 aromatic heterocycles. The summed E-state index contributed by atoms with van der Waals surface area (Å²) in [6.07, 6.45) is 0. The maximum atomic E-state index is 11.2. The molecule has 0 radical (unpaired) electrons. The van der Waals surface area contributed by atoms with Crippen molar-refractivity contribution in [2.45, 2.75) is 13.1 Å². The maximum Gasteiger partial charge on any atom is 0.317 e. The lowest BCUT2D eigenvalue weighted by molar-refractivity contribution is -0.144. The van der Waals surface area contributed by atoms with Gasteiger partial charge in [-0.1, -0.05) is 18.2 Å². The molecule has 0 spiro atoms. The second-order valence-corrected chi connectivity index (χ2v) is 10.4. The molecule has 0 saturated carbocycles. The number of carbonyl (C=O) groups is 4. The highest BCUT2D eigenvalue weighted by Gasteiger charge is 2.18. The van der Waals surface area contributed by atoms with Crippen molar-refractivity contribution < 1.29 is 39.6 Å². The molecule has 14 heteroatoms. The average molecular weight is 606 g/mol. The van der Waals surface area contributed by atoms with Crippen molar-refractivity contribution in [2.75, 3.05) is 26.2 Å². The molecule has 0 aliphatic rings. The van der Waals surface area contributed by atoms with Crippen molar-refractivity contribution in [3.8, 4) is 33.2 Å². The zero-order valence-electron chi connectivity index (χ0n) is 22.7. The van der Waals surface area contributed by atoms with Crippen LogP contribution in [0.4, 0.5) is 0 Å². The molecule has 0 aromatic carbocycles. The van der Waals surface area contributed by atoms with Gasteiger partial charge in [-0.25, -0.2) is 15.0 Å². The zero-order valence-corrected chi connectivity index (χ0v) is 23.5. The van der Waals surface area contributed by atoms with Crippen LogP contribution in [0.1, 0.15) is 11.4 Å². The first kappa shape index (κ1) is 30.9. The van der Waals surface area contributed by atoms with E-state index in [4.69, 9.17) is 4.98 Å². The molecule has 0 aliphatic heterocycles. The highest BCUT2D eigenvalue weighted by atomic mass is 32.1. The predicted octanol–water partition coefficient (Wildman–Crippen LogP) is 2.88. The van der Waals surface area contributed by atoms with Crippen LogP contribution < -0.4 is 0 Å². The van der Waals surface area contributed by atoms with E-state index in [0.717, 1.165) is 10.4 Å². The van der Waals surface area contributed by atoms with E-state index in [1.807, 2.05) is 29.6 Å². The van der Waals surface area contributed by atoms with E-state index in [1.54, 1.807) is 36.4 Å². The highest BCUT2D eigenvalue weighted by molar-refractivity contribution is 7.13. The lowest BCUT2D eigenvalue weighted by Crippen LogP contribution is -2.34. The van der Waals surface area contributed by atoms with Crippen LogP contribution in [0, 0.1) is 0 Å². The van der Waals surface area contributed by atoms with Crippen LogP contribution in [0.5, 0.6) is 0 Å². The standard InChI is InChI=1S/C29H27N5O8S/c35-26(36)14-33(15-27(37)38)12-19-4-1-6-21(30-19)23-10-18(25-8-3-9-43-25)11-24(32-23)22-7-2-5-20(31-22)13-34(16-28(39)40)17-29(41)42/h1-11H,12-17H2,(H,35,36)(H,37,38)(H,39,40)(H,41,42). The van der Waals surface area contributed by atoms with Gasteiger partial charge in [0.25, 0.3) is 0 Å². The Hall–Kier alpha value is -5.05. The quantitative estimate of drug-likeness (QED) is 0.155. The lowest BCUT2D eigenvalue weighted by atomic mass is 10.1. The first-order chi connectivity index (χ1) is 20.5. The number of nitrogens with zero attached hydrogens (tertiary/aromatic N) is 5. The van der Waals surface area contributed by atoms with Crippen LogP contribution >= 0.6 is 11.3 Å². The SMILES string of the molecule is O=C(O)CN(CC(=O)O)Cc1cccc(-c2cc(-c3cccs3)cc(-c3cccc(CN(CC(=O)O)CC(=O)O)n3)n2)n1. The van der Waals surface area contributed by atoms with Crippen LogP contribution in [0.25, 0.3) is 33.2 Å². The van der Waals surface area contributed by atoms with E-state index in [9.17, 15) is 39.6 Å². The number of hydrogen-bond donors (Lipinski definition) is 4. The monoisotopic (exact) mass is 605 g/mol. The molecule has 4 aromatic rings. The molecule has 13 nitrogen and oxygen atoms in total. The maximum absolute atomic E-state index is 11.2. The summed E-state index contributed by atoms with van der Waals surface area (Å²) >= 11 is 1.53. The third-order valence-electron chi connectivity index (χ3n) is 5.98. The number of thiophene rings is 1. The zero-order chi connectivity index (χ0) is 30.9. The van der Waals surface area contributed by atoms with Gasteiger partial charge in [0.2, 0.25) is 0 Å². The van der Waals surface area contributed by atoms with E-state index < -0.39 is 50.1 Å². The minimum Gasteiger partial charge on any atom is -0.480 e. The third-order valence-corrected chi connectivity index (χ3v) is 6.90. The molecule has 0 atom stereocenters. The predicted molar refractivity (Wildman–Crippen MR) is 155 cm³/mol. The molecule has 222 valence electrons. The molecule has 0 fully saturated rings. The Morgan fingerprint density at radius 3 is 1.40 bits per heavy atom. The second kappa shape index (κ2) is 14.2. The molecule has 0 aliphatic carbocycles. The van der Waals surface area contributed by atoms with Gasteiger partial charge in [-0.15, -0.1) is 11.3 Å². The summed E-state index contributed by atoms with van der Waals surface area (Å²) < 4.78 is 0. The Kier molecular flexibility index (Phi) is 10.2. The third kappa shape index (κ3) is 9.22. The van der Waals surface area contributed by atoms with Crippen LogP contribution in [0.2, 0.25) is 0 Å². The fourth-order valence-corrected chi connectivity index (χ4v) is 5.07. The Morgan fingerprint density at radius 2 is 1.02 bits per heavy atom. The van der Waals surface area contributed by atoms with Gasteiger partial charge in [-0.2, -0.15) is 0 Å². The highest BCUT2D eigenvalue weighted by Crippen LogP contribution is 2.31. The number of aromatic nitrogens is 3. The number of aliphatic carboxylic acids is 4. The van der Waals surface area contributed by atoms with Gasteiger partial charge in [0.1, 0.15) is 0 Å². The first-order valence-electron chi connectivity index (χ1n) is 12.9. The first-order valence-corrected chi connectivity index (χ1v) is 13.7.